The second-order valence-electron chi connectivity index (χ2n) is 3.16. The van der Waals surface area contributed by atoms with Crippen molar-refractivity contribution in [2.45, 2.75) is 45.4 Å². The molecule has 2 radical (unpaired) electrons. The predicted molar refractivity (Wildman–Crippen MR) is 61.8 cm³/mol. The van der Waals surface area contributed by atoms with Gasteiger partial charge in [-0.2, -0.15) is 0 Å². The largest absolute Gasteiger partial charge is 0.325 e. The Kier molecular flexibility index (Phi) is 23.4. The number of hydrogen-bond acceptors (Lipinski definition) is 1. The quantitative estimate of drug-likeness (QED) is 0.422. The molecule has 0 aliphatic heterocycles. The molecule has 0 saturated carbocycles. The van der Waals surface area contributed by atoms with Gasteiger partial charge in [-0.1, -0.05) is 39.0 Å². The van der Waals surface area contributed by atoms with Crippen molar-refractivity contribution in [3.05, 3.63) is 0 Å². The summed E-state index contributed by atoms with van der Waals surface area (Å²) >= 11 is 0. The van der Waals surface area contributed by atoms with E-state index >= 15 is 0 Å². The zero-order valence-electron chi connectivity index (χ0n) is 9.70. The van der Waals surface area contributed by atoms with E-state index < -0.39 is 7.60 Å². The summed E-state index contributed by atoms with van der Waals surface area (Å²) in [5.74, 6) is 0. The van der Waals surface area contributed by atoms with E-state index in [1.807, 2.05) is 0 Å². The second-order valence-corrected chi connectivity index (χ2v) is 4.93. The molecular formula is C8H19K2O3P. The Morgan fingerprint density at radius 3 is 1.79 bits per heavy atom. The van der Waals surface area contributed by atoms with Crippen LogP contribution in [0.2, 0.25) is 0 Å². The van der Waals surface area contributed by atoms with Crippen LogP contribution in [0.1, 0.15) is 45.4 Å². The molecular weight excluding hydrogens is 253 g/mol. The van der Waals surface area contributed by atoms with E-state index in [9.17, 15) is 4.57 Å². The predicted octanol–water partition coefficient (Wildman–Crippen LogP) is 1.76. The first-order valence-corrected chi connectivity index (χ1v) is 6.40. The van der Waals surface area contributed by atoms with Crippen LogP contribution in [0, 0.1) is 0 Å². The van der Waals surface area contributed by atoms with Crippen LogP contribution in [0.3, 0.4) is 0 Å². The normalized spacial score (nSPS) is 10.2. The van der Waals surface area contributed by atoms with Gasteiger partial charge in [-0.05, 0) is 6.42 Å². The van der Waals surface area contributed by atoms with Crippen LogP contribution in [0.25, 0.3) is 0 Å². The van der Waals surface area contributed by atoms with Crippen LogP contribution in [0.4, 0.5) is 0 Å². The van der Waals surface area contributed by atoms with Crippen molar-refractivity contribution < 1.29 is 14.4 Å². The van der Waals surface area contributed by atoms with Crippen molar-refractivity contribution in [2.24, 2.45) is 0 Å². The zero-order valence-corrected chi connectivity index (χ0v) is 16.8. The van der Waals surface area contributed by atoms with Crippen LogP contribution in [0.15, 0.2) is 0 Å². The van der Waals surface area contributed by atoms with Crippen molar-refractivity contribution in [3.63, 3.8) is 0 Å². The van der Waals surface area contributed by atoms with E-state index in [-0.39, 0.29) is 109 Å². The van der Waals surface area contributed by atoms with E-state index in [0.29, 0.717) is 6.42 Å². The first kappa shape index (κ1) is 22.6. The zero-order chi connectivity index (χ0) is 9.45. The molecule has 0 aliphatic rings. The summed E-state index contributed by atoms with van der Waals surface area (Å²) in [6.45, 7) is 2.15. The van der Waals surface area contributed by atoms with Crippen LogP contribution >= 0.6 is 7.60 Å². The molecule has 0 aromatic heterocycles. The number of hydrogen-bond donors (Lipinski definition) is 2. The van der Waals surface area contributed by atoms with Gasteiger partial charge in [0.2, 0.25) is 0 Å². The van der Waals surface area contributed by atoms with Crippen molar-refractivity contribution in [1.29, 1.82) is 0 Å². The maximum absolute atomic E-state index is 10.4. The van der Waals surface area contributed by atoms with E-state index in [2.05, 4.69) is 6.92 Å². The molecule has 0 aliphatic carbocycles. The molecule has 0 amide bonds. The summed E-state index contributed by atoms with van der Waals surface area (Å²) in [6, 6.07) is 0. The summed E-state index contributed by atoms with van der Waals surface area (Å²) in [5.41, 5.74) is 0. The van der Waals surface area contributed by atoms with Crippen molar-refractivity contribution in [2.75, 3.05) is 6.16 Å². The number of rotatable bonds is 7. The first-order valence-electron chi connectivity index (χ1n) is 4.61. The minimum atomic E-state index is -3.72. The SMILES string of the molecule is CCCCCCCCP(=O)(O)O.[K].[K]. The fraction of sp³-hybridized carbons (Fsp3) is 1.00. The molecule has 14 heavy (non-hydrogen) atoms. The van der Waals surface area contributed by atoms with Crippen LogP contribution < -0.4 is 0 Å². The van der Waals surface area contributed by atoms with Crippen molar-refractivity contribution in [1.82, 2.24) is 0 Å². The van der Waals surface area contributed by atoms with Gasteiger partial charge in [0.05, 0.1) is 0 Å². The van der Waals surface area contributed by atoms with Crippen LogP contribution in [-0.2, 0) is 4.57 Å². The summed E-state index contributed by atoms with van der Waals surface area (Å²) in [6.07, 6.45) is 6.40. The van der Waals surface area contributed by atoms with Gasteiger partial charge in [0.1, 0.15) is 0 Å². The molecule has 0 unspecified atom stereocenters. The molecule has 0 saturated heterocycles. The van der Waals surface area contributed by atoms with E-state index in [1.165, 1.54) is 19.3 Å². The molecule has 0 atom stereocenters. The first-order chi connectivity index (χ1) is 5.56. The van der Waals surface area contributed by atoms with Gasteiger partial charge < -0.3 is 9.79 Å². The van der Waals surface area contributed by atoms with Gasteiger partial charge in [-0.15, -0.1) is 0 Å². The molecule has 0 heterocycles. The molecule has 3 nitrogen and oxygen atoms in total. The van der Waals surface area contributed by atoms with Crippen molar-refractivity contribution in [3.8, 4) is 0 Å². The third kappa shape index (κ3) is 20.8. The maximum atomic E-state index is 10.4. The van der Waals surface area contributed by atoms with Gasteiger partial charge in [-0.3, -0.25) is 4.57 Å². The Morgan fingerprint density at radius 1 is 0.929 bits per heavy atom. The third-order valence-electron chi connectivity index (χ3n) is 1.80. The fourth-order valence-corrected chi connectivity index (χ4v) is 1.73. The Hall–Kier alpha value is 3.42. The van der Waals surface area contributed by atoms with Gasteiger partial charge in [0.15, 0.2) is 0 Å². The topological polar surface area (TPSA) is 57.5 Å². The molecule has 76 valence electrons. The Bertz CT molecular complexity index is 150. The van der Waals surface area contributed by atoms with Gasteiger partial charge in [-0.25, -0.2) is 0 Å². The monoisotopic (exact) mass is 272 g/mol. The summed E-state index contributed by atoms with van der Waals surface area (Å²) < 4.78 is 10.4. The van der Waals surface area contributed by atoms with Crippen LogP contribution in [0.5, 0.6) is 0 Å². The van der Waals surface area contributed by atoms with Gasteiger partial charge in [0, 0.05) is 109 Å². The standard InChI is InChI=1S/C8H19O3P.2K/c1-2-3-4-5-6-7-8-12(9,10)11;;/h2-8H2,1H3,(H2,9,10,11);;. The van der Waals surface area contributed by atoms with E-state index in [1.54, 1.807) is 0 Å². The average Bonchev–Trinajstić information content (AvgIpc) is 1.94. The van der Waals surface area contributed by atoms with Crippen LogP contribution in [-0.4, -0.2) is 119 Å². The molecule has 2 N–H and O–H groups in total. The Morgan fingerprint density at radius 2 is 1.36 bits per heavy atom. The molecule has 0 spiro atoms. The minimum Gasteiger partial charge on any atom is -0.324 e. The van der Waals surface area contributed by atoms with E-state index in [0.717, 1.165) is 12.8 Å². The smallest absolute Gasteiger partial charge is 0.324 e. The molecule has 0 bridgehead atoms. The van der Waals surface area contributed by atoms with Gasteiger partial charge in [0.25, 0.3) is 0 Å². The van der Waals surface area contributed by atoms with E-state index in [4.69, 9.17) is 9.79 Å². The van der Waals surface area contributed by atoms with Crippen molar-refractivity contribution >= 4 is 110 Å². The number of unbranched alkanes of at least 4 members (excludes halogenated alkanes) is 5. The fourth-order valence-electron chi connectivity index (χ4n) is 1.10. The molecule has 0 aromatic carbocycles. The third-order valence-corrected chi connectivity index (χ3v) is 2.70. The second kappa shape index (κ2) is 14.5. The summed E-state index contributed by atoms with van der Waals surface area (Å²) in [7, 11) is -3.72. The average molecular weight is 272 g/mol. The minimum absolute atomic E-state index is 0. The Labute approximate surface area is 172 Å². The van der Waals surface area contributed by atoms with Gasteiger partial charge >= 0.3 is 7.60 Å². The molecule has 0 aromatic rings. The molecule has 0 fully saturated rings. The summed E-state index contributed by atoms with van der Waals surface area (Å²) in [5, 5.41) is 0. The Balaban J connectivity index is -0.000000605. The summed E-state index contributed by atoms with van der Waals surface area (Å²) in [4.78, 5) is 17.1. The molecule has 6 heteroatoms. The molecule has 0 rings (SSSR count). The maximum Gasteiger partial charge on any atom is 0.325 e.